The van der Waals surface area contributed by atoms with Gasteiger partial charge in [0.25, 0.3) is 5.91 Å². The van der Waals surface area contributed by atoms with E-state index in [9.17, 15) is 4.79 Å². The molecule has 102 valence electrons. The maximum absolute atomic E-state index is 12.5. The SMILES string of the molecule is NC1CC[C@@H]2CN(C(=O)c3ncccc3Br)C[C@@H]2C1. The number of aromatic nitrogens is 1. The maximum Gasteiger partial charge on any atom is 0.273 e. The molecule has 0 spiro atoms. The summed E-state index contributed by atoms with van der Waals surface area (Å²) in [6.45, 7) is 1.69. The topological polar surface area (TPSA) is 59.2 Å². The fourth-order valence-electron chi connectivity index (χ4n) is 3.33. The molecule has 2 heterocycles. The molecule has 1 saturated heterocycles. The molecule has 4 nitrogen and oxygen atoms in total. The van der Waals surface area contributed by atoms with Gasteiger partial charge in [0.1, 0.15) is 5.69 Å². The second-order valence-corrected chi connectivity index (χ2v) is 6.49. The molecule has 0 bridgehead atoms. The van der Waals surface area contributed by atoms with Gasteiger partial charge in [-0.2, -0.15) is 0 Å². The van der Waals surface area contributed by atoms with E-state index in [0.29, 0.717) is 23.6 Å². The molecule has 1 aromatic heterocycles. The van der Waals surface area contributed by atoms with Crippen LogP contribution >= 0.6 is 15.9 Å². The molecule has 19 heavy (non-hydrogen) atoms. The van der Waals surface area contributed by atoms with E-state index >= 15 is 0 Å². The number of pyridine rings is 1. The predicted molar refractivity (Wildman–Crippen MR) is 76.6 cm³/mol. The van der Waals surface area contributed by atoms with E-state index in [1.54, 1.807) is 6.20 Å². The van der Waals surface area contributed by atoms with Gasteiger partial charge in [-0.25, -0.2) is 4.98 Å². The van der Waals surface area contributed by atoms with Gasteiger partial charge in [0.2, 0.25) is 0 Å². The van der Waals surface area contributed by atoms with Gasteiger partial charge in [-0.15, -0.1) is 0 Å². The fraction of sp³-hybridized carbons (Fsp3) is 0.571. The number of likely N-dealkylation sites (tertiary alicyclic amines) is 1. The Morgan fingerprint density at radius 1 is 1.37 bits per heavy atom. The highest BCUT2D eigenvalue weighted by atomic mass is 79.9. The predicted octanol–water partition coefficient (Wildman–Crippen LogP) is 2.04. The zero-order valence-electron chi connectivity index (χ0n) is 10.8. The number of hydrogen-bond donors (Lipinski definition) is 1. The van der Waals surface area contributed by atoms with Gasteiger partial charge in [0, 0.05) is 29.8 Å². The number of rotatable bonds is 1. The summed E-state index contributed by atoms with van der Waals surface area (Å²) in [5, 5.41) is 0. The van der Waals surface area contributed by atoms with E-state index in [0.717, 1.165) is 36.8 Å². The fourth-order valence-corrected chi connectivity index (χ4v) is 3.75. The van der Waals surface area contributed by atoms with E-state index in [1.807, 2.05) is 17.0 Å². The van der Waals surface area contributed by atoms with Crippen molar-refractivity contribution in [1.82, 2.24) is 9.88 Å². The summed E-state index contributed by atoms with van der Waals surface area (Å²) in [7, 11) is 0. The molecular weight excluding hydrogens is 306 g/mol. The van der Waals surface area contributed by atoms with Gasteiger partial charge >= 0.3 is 0 Å². The van der Waals surface area contributed by atoms with Crippen LogP contribution in [0.5, 0.6) is 0 Å². The lowest BCUT2D eigenvalue weighted by molar-refractivity contribution is 0.0777. The van der Waals surface area contributed by atoms with Crippen LogP contribution in [-0.2, 0) is 0 Å². The molecule has 1 aromatic rings. The van der Waals surface area contributed by atoms with Crippen LogP contribution in [0.2, 0.25) is 0 Å². The monoisotopic (exact) mass is 323 g/mol. The number of carbonyl (C=O) groups excluding carboxylic acids is 1. The van der Waals surface area contributed by atoms with Crippen molar-refractivity contribution in [2.75, 3.05) is 13.1 Å². The van der Waals surface area contributed by atoms with Crippen LogP contribution in [-0.4, -0.2) is 34.9 Å². The molecule has 1 aliphatic carbocycles. The quantitative estimate of drug-likeness (QED) is 0.860. The summed E-state index contributed by atoms with van der Waals surface area (Å²) in [6.07, 6.45) is 4.96. The number of halogens is 1. The number of hydrogen-bond acceptors (Lipinski definition) is 3. The van der Waals surface area contributed by atoms with Crippen LogP contribution in [0.1, 0.15) is 29.8 Å². The van der Waals surface area contributed by atoms with Gasteiger partial charge in [-0.3, -0.25) is 4.79 Å². The first kappa shape index (κ1) is 13.1. The van der Waals surface area contributed by atoms with Crippen LogP contribution in [0.15, 0.2) is 22.8 Å². The zero-order chi connectivity index (χ0) is 13.4. The lowest BCUT2D eigenvalue weighted by atomic mass is 9.79. The van der Waals surface area contributed by atoms with Gasteiger partial charge < -0.3 is 10.6 Å². The van der Waals surface area contributed by atoms with Crippen molar-refractivity contribution in [2.24, 2.45) is 17.6 Å². The largest absolute Gasteiger partial charge is 0.337 e. The second-order valence-electron chi connectivity index (χ2n) is 5.64. The Kier molecular flexibility index (Phi) is 3.58. The van der Waals surface area contributed by atoms with E-state index in [1.165, 1.54) is 0 Å². The van der Waals surface area contributed by atoms with Crippen LogP contribution in [0.25, 0.3) is 0 Å². The van der Waals surface area contributed by atoms with Crippen molar-refractivity contribution >= 4 is 21.8 Å². The van der Waals surface area contributed by atoms with Crippen molar-refractivity contribution in [3.8, 4) is 0 Å². The molecule has 2 N–H and O–H groups in total. The third-order valence-electron chi connectivity index (χ3n) is 4.34. The molecule has 0 aromatic carbocycles. The van der Waals surface area contributed by atoms with E-state index in [4.69, 9.17) is 5.73 Å². The number of nitrogens with zero attached hydrogens (tertiary/aromatic N) is 2. The van der Waals surface area contributed by atoms with Crippen LogP contribution < -0.4 is 5.73 Å². The number of nitrogens with two attached hydrogens (primary N) is 1. The molecule has 3 atom stereocenters. The third-order valence-corrected chi connectivity index (χ3v) is 4.98. The van der Waals surface area contributed by atoms with Crippen LogP contribution in [0.3, 0.4) is 0 Å². The molecule has 2 aliphatic rings. The minimum Gasteiger partial charge on any atom is -0.337 e. The summed E-state index contributed by atoms with van der Waals surface area (Å²) in [4.78, 5) is 18.6. The van der Waals surface area contributed by atoms with Crippen LogP contribution in [0.4, 0.5) is 0 Å². The van der Waals surface area contributed by atoms with Crippen LogP contribution in [0, 0.1) is 11.8 Å². The minimum atomic E-state index is 0.0375. The number of carbonyl (C=O) groups is 1. The summed E-state index contributed by atoms with van der Waals surface area (Å²) in [5.41, 5.74) is 6.54. The average Bonchev–Trinajstić information content (AvgIpc) is 2.81. The Morgan fingerprint density at radius 2 is 2.16 bits per heavy atom. The molecule has 1 amide bonds. The third kappa shape index (κ3) is 2.54. The molecular formula is C14H18BrN3O. The molecule has 0 radical (unpaired) electrons. The Labute approximate surface area is 121 Å². The first-order chi connectivity index (χ1) is 9.15. The highest BCUT2D eigenvalue weighted by Crippen LogP contribution is 2.36. The normalized spacial score (nSPS) is 30.2. The van der Waals surface area contributed by atoms with Gasteiger partial charge in [-0.05, 0) is 59.2 Å². The smallest absolute Gasteiger partial charge is 0.273 e. The average molecular weight is 324 g/mol. The van der Waals surface area contributed by atoms with Crippen molar-refractivity contribution in [3.05, 3.63) is 28.5 Å². The summed E-state index contributed by atoms with van der Waals surface area (Å²) in [6, 6.07) is 4.00. The van der Waals surface area contributed by atoms with Crippen molar-refractivity contribution in [1.29, 1.82) is 0 Å². The lowest BCUT2D eigenvalue weighted by Crippen LogP contribution is -2.32. The Morgan fingerprint density at radius 3 is 2.95 bits per heavy atom. The van der Waals surface area contributed by atoms with Crippen molar-refractivity contribution < 1.29 is 4.79 Å². The molecule has 1 aliphatic heterocycles. The number of fused-ring (bicyclic) bond motifs is 1. The van der Waals surface area contributed by atoms with Gasteiger partial charge in [0.15, 0.2) is 0 Å². The summed E-state index contributed by atoms with van der Waals surface area (Å²) < 4.78 is 0.770. The van der Waals surface area contributed by atoms with Crippen molar-refractivity contribution in [3.63, 3.8) is 0 Å². The van der Waals surface area contributed by atoms with Gasteiger partial charge in [-0.1, -0.05) is 0 Å². The zero-order valence-corrected chi connectivity index (χ0v) is 12.3. The number of amides is 1. The minimum absolute atomic E-state index is 0.0375. The molecule has 1 saturated carbocycles. The standard InChI is InChI=1S/C14H18BrN3O/c15-12-2-1-5-17-13(12)14(19)18-7-9-3-4-11(16)6-10(9)8-18/h1-2,5,9-11H,3-4,6-8,16H2/t9-,10+,11?/m1/s1. The van der Waals surface area contributed by atoms with E-state index in [2.05, 4.69) is 20.9 Å². The summed E-state index contributed by atoms with van der Waals surface area (Å²) >= 11 is 3.40. The van der Waals surface area contributed by atoms with Crippen molar-refractivity contribution in [2.45, 2.75) is 25.3 Å². The Bertz CT molecular complexity index is 493. The Hall–Kier alpha value is -0.940. The molecule has 3 rings (SSSR count). The summed E-state index contributed by atoms with van der Waals surface area (Å²) in [5.74, 6) is 1.25. The van der Waals surface area contributed by atoms with E-state index < -0.39 is 0 Å². The molecule has 5 heteroatoms. The van der Waals surface area contributed by atoms with E-state index in [-0.39, 0.29) is 5.91 Å². The first-order valence-corrected chi connectivity index (χ1v) is 7.60. The molecule has 2 fully saturated rings. The lowest BCUT2D eigenvalue weighted by Gasteiger charge is -2.27. The van der Waals surface area contributed by atoms with Gasteiger partial charge in [0.05, 0.1) is 0 Å². The molecule has 1 unspecified atom stereocenters. The highest BCUT2D eigenvalue weighted by molar-refractivity contribution is 9.10. The second kappa shape index (κ2) is 5.21. The maximum atomic E-state index is 12.5. The first-order valence-electron chi connectivity index (χ1n) is 6.80. The highest BCUT2D eigenvalue weighted by Gasteiger charge is 2.39. The Balaban J connectivity index is 1.74.